The quantitative estimate of drug-likeness (QED) is 0.187. The van der Waals surface area contributed by atoms with Gasteiger partial charge in [0.1, 0.15) is 5.75 Å². The van der Waals surface area contributed by atoms with Gasteiger partial charge in [-0.2, -0.15) is 10.2 Å². The third-order valence-electron chi connectivity index (χ3n) is 5.69. The maximum absolute atomic E-state index is 8.77. The molecule has 0 atom stereocenters. The Morgan fingerprint density at radius 1 is 0.625 bits per heavy atom. The summed E-state index contributed by atoms with van der Waals surface area (Å²) in [6.07, 6.45) is 15.8. The van der Waals surface area contributed by atoms with Crippen LogP contribution < -0.4 is 4.74 Å². The van der Waals surface area contributed by atoms with E-state index in [1.807, 2.05) is 36.4 Å². The minimum Gasteiger partial charge on any atom is -0.494 e. The number of rotatable bonds is 18. The Hall–Kier alpha value is -2.20. The van der Waals surface area contributed by atoms with Crippen LogP contribution in [0.4, 0.5) is 11.4 Å². The van der Waals surface area contributed by atoms with E-state index in [4.69, 9.17) is 9.84 Å². The zero-order valence-electron chi connectivity index (χ0n) is 20.0. The highest BCUT2D eigenvalue weighted by molar-refractivity contribution is 5.43. The molecule has 0 fully saturated rings. The Morgan fingerprint density at radius 3 is 1.75 bits per heavy atom. The first-order valence-corrected chi connectivity index (χ1v) is 12.7. The number of ether oxygens (including phenoxy) is 1. The molecule has 0 radical (unpaired) electrons. The van der Waals surface area contributed by atoms with Crippen LogP contribution in [0.1, 0.15) is 89.5 Å². The highest BCUT2D eigenvalue weighted by Gasteiger charge is 1.98. The number of azo groups is 1. The molecule has 0 saturated heterocycles. The molecule has 32 heavy (non-hydrogen) atoms. The van der Waals surface area contributed by atoms with E-state index in [2.05, 4.69) is 29.3 Å². The van der Waals surface area contributed by atoms with Crippen molar-refractivity contribution in [2.24, 2.45) is 10.2 Å². The number of aliphatic hydroxyl groups is 1. The predicted octanol–water partition coefficient (Wildman–Crippen LogP) is 8.72. The first kappa shape index (κ1) is 26.1. The van der Waals surface area contributed by atoms with Crippen molar-refractivity contribution in [1.29, 1.82) is 0 Å². The van der Waals surface area contributed by atoms with Crippen LogP contribution in [-0.2, 0) is 6.42 Å². The van der Waals surface area contributed by atoms with Crippen molar-refractivity contribution in [3.05, 3.63) is 54.1 Å². The third-order valence-corrected chi connectivity index (χ3v) is 5.69. The van der Waals surface area contributed by atoms with E-state index in [9.17, 15) is 0 Å². The molecule has 2 aromatic rings. The topological polar surface area (TPSA) is 54.2 Å². The zero-order valence-corrected chi connectivity index (χ0v) is 20.0. The third kappa shape index (κ3) is 12.0. The Labute approximate surface area is 195 Å². The van der Waals surface area contributed by atoms with Gasteiger partial charge in [0.2, 0.25) is 0 Å². The van der Waals surface area contributed by atoms with Gasteiger partial charge in [0.05, 0.1) is 18.0 Å². The smallest absolute Gasteiger partial charge is 0.119 e. The van der Waals surface area contributed by atoms with Crippen LogP contribution in [0.15, 0.2) is 58.8 Å². The molecule has 0 aliphatic carbocycles. The second kappa shape index (κ2) is 17.4. The van der Waals surface area contributed by atoms with Gasteiger partial charge in [0.25, 0.3) is 0 Å². The minimum atomic E-state index is 0.328. The van der Waals surface area contributed by atoms with Gasteiger partial charge in [-0.1, -0.05) is 76.8 Å². The Kier molecular flexibility index (Phi) is 14.1. The van der Waals surface area contributed by atoms with Crippen LogP contribution in [-0.4, -0.2) is 18.3 Å². The van der Waals surface area contributed by atoms with Crippen molar-refractivity contribution in [3.8, 4) is 5.75 Å². The van der Waals surface area contributed by atoms with Crippen molar-refractivity contribution >= 4 is 11.4 Å². The van der Waals surface area contributed by atoms with Crippen LogP contribution in [0.25, 0.3) is 0 Å². The number of hydrogen-bond acceptors (Lipinski definition) is 4. The first-order chi connectivity index (χ1) is 15.8. The van der Waals surface area contributed by atoms with Crippen LogP contribution in [0, 0.1) is 0 Å². The van der Waals surface area contributed by atoms with Crippen LogP contribution in [0.5, 0.6) is 5.75 Å². The van der Waals surface area contributed by atoms with Gasteiger partial charge in [0, 0.05) is 6.61 Å². The van der Waals surface area contributed by atoms with E-state index in [-0.39, 0.29) is 0 Å². The minimum absolute atomic E-state index is 0.328. The molecular formula is C28H42N2O2. The van der Waals surface area contributed by atoms with Crippen LogP contribution in [0.3, 0.4) is 0 Å². The number of aliphatic hydroxyl groups excluding tert-OH is 1. The van der Waals surface area contributed by atoms with Gasteiger partial charge in [-0.05, 0) is 67.6 Å². The van der Waals surface area contributed by atoms with Crippen molar-refractivity contribution < 1.29 is 9.84 Å². The van der Waals surface area contributed by atoms with Gasteiger partial charge in [0.15, 0.2) is 0 Å². The van der Waals surface area contributed by atoms with Crippen molar-refractivity contribution in [3.63, 3.8) is 0 Å². The van der Waals surface area contributed by atoms with Gasteiger partial charge < -0.3 is 9.84 Å². The molecule has 2 aromatic carbocycles. The Morgan fingerprint density at radius 2 is 1.16 bits per heavy atom. The van der Waals surface area contributed by atoms with Gasteiger partial charge in [-0.25, -0.2) is 0 Å². The molecule has 4 nitrogen and oxygen atoms in total. The summed E-state index contributed by atoms with van der Waals surface area (Å²) in [6.45, 7) is 3.33. The summed E-state index contributed by atoms with van der Waals surface area (Å²) in [5.41, 5.74) is 3.10. The zero-order chi connectivity index (χ0) is 22.7. The van der Waals surface area contributed by atoms with Gasteiger partial charge in [-0.15, -0.1) is 0 Å². The Balaban J connectivity index is 1.60. The molecule has 4 heteroatoms. The van der Waals surface area contributed by atoms with E-state index < -0.39 is 0 Å². The standard InChI is InChI=1S/C28H42N2O2/c1-2-3-4-11-14-25-15-17-26(18-16-25)29-30-27-19-21-28(22-20-27)32-24-13-10-8-6-5-7-9-12-23-31/h15-22,31H,2-14,23-24H2,1H3. The Bertz CT molecular complexity index is 726. The molecule has 1 N–H and O–H groups in total. The second-order valence-electron chi connectivity index (χ2n) is 8.57. The lowest BCUT2D eigenvalue weighted by Gasteiger charge is -2.06. The molecule has 176 valence electrons. The molecule has 2 rings (SSSR count). The lowest BCUT2D eigenvalue weighted by Crippen LogP contribution is -1.96. The van der Waals surface area contributed by atoms with Crippen LogP contribution in [0.2, 0.25) is 0 Å². The SMILES string of the molecule is CCCCCCc1ccc(N=Nc2ccc(OCCCCCCCCCCO)cc2)cc1. The van der Waals surface area contributed by atoms with E-state index in [1.54, 1.807) is 0 Å². The van der Waals surface area contributed by atoms with Crippen LogP contribution >= 0.6 is 0 Å². The molecule has 0 heterocycles. The first-order valence-electron chi connectivity index (χ1n) is 12.7. The van der Waals surface area contributed by atoms with E-state index in [0.717, 1.165) is 49.4 Å². The molecule has 0 spiro atoms. The molecule has 0 unspecified atom stereocenters. The fourth-order valence-electron chi connectivity index (χ4n) is 3.67. The molecule has 0 aromatic heterocycles. The average molecular weight is 439 g/mol. The van der Waals surface area contributed by atoms with E-state index in [1.165, 1.54) is 63.4 Å². The normalized spacial score (nSPS) is 11.3. The monoisotopic (exact) mass is 438 g/mol. The van der Waals surface area contributed by atoms with Gasteiger partial charge >= 0.3 is 0 Å². The summed E-state index contributed by atoms with van der Waals surface area (Å²) in [5.74, 6) is 0.889. The molecule has 0 aliphatic rings. The number of unbranched alkanes of at least 4 members (excludes halogenated alkanes) is 10. The average Bonchev–Trinajstić information content (AvgIpc) is 2.83. The molecule has 0 saturated carbocycles. The van der Waals surface area contributed by atoms with Crippen molar-refractivity contribution in [2.75, 3.05) is 13.2 Å². The molecule has 0 amide bonds. The largest absolute Gasteiger partial charge is 0.494 e. The number of nitrogens with zero attached hydrogens (tertiary/aromatic N) is 2. The maximum atomic E-state index is 8.77. The summed E-state index contributed by atoms with van der Waals surface area (Å²) < 4.78 is 5.84. The maximum Gasteiger partial charge on any atom is 0.119 e. The summed E-state index contributed by atoms with van der Waals surface area (Å²) in [4.78, 5) is 0. The highest BCUT2D eigenvalue weighted by atomic mass is 16.5. The van der Waals surface area contributed by atoms with Crippen molar-refractivity contribution in [1.82, 2.24) is 0 Å². The second-order valence-corrected chi connectivity index (χ2v) is 8.57. The lowest BCUT2D eigenvalue weighted by atomic mass is 10.1. The highest BCUT2D eigenvalue weighted by Crippen LogP contribution is 2.22. The number of hydrogen-bond donors (Lipinski definition) is 1. The fraction of sp³-hybridized carbons (Fsp3) is 0.571. The van der Waals surface area contributed by atoms with Gasteiger partial charge in [-0.3, -0.25) is 0 Å². The molecular weight excluding hydrogens is 396 g/mol. The summed E-state index contributed by atoms with van der Waals surface area (Å²) >= 11 is 0. The van der Waals surface area contributed by atoms with E-state index >= 15 is 0 Å². The fourth-order valence-corrected chi connectivity index (χ4v) is 3.67. The van der Waals surface area contributed by atoms with E-state index in [0.29, 0.717) is 6.61 Å². The summed E-state index contributed by atoms with van der Waals surface area (Å²) in [6, 6.07) is 16.3. The summed E-state index contributed by atoms with van der Waals surface area (Å²) in [7, 11) is 0. The molecule has 0 bridgehead atoms. The van der Waals surface area contributed by atoms with Crippen molar-refractivity contribution in [2.45, 2.75) is 90.4 Å². The predicted molar refractivity (Wildman–Crippen MR) is 134 cm³/mol. The molecule has 0 aliphatic heterocycles. The summed E-state index contributed by atoms with van der Waals surface area (Å²) in [5, 5.41) is 17.5. The lowest BCUT2D eigenvalue weighted by molar-refractivity contribution is 0.282. The number of benzene rings is 2. The number of aryl methyl sites for hydroxylation is 1.